The van der Waals surface area contributed by atoms with Crippen LogP contribution in [0.15, 0.2) is 61.4 Å². The molecule has 0 spiro atoms. The summed E-state index contributed by atoms with van der Waals surface area (Å²) in [6.07, 6.45) is 12.6. The highest BCUT2D eigenvalue weighted by Crippen LogP contribution is 2.14. The molecule has 0 unspecified atom stereocenters. The summed E-state index contributed by atoms with van der Waals surface area (Å²) in [6, 6.07) is 1.98. The van der Waals surface area contributed by atoms with E-state index in [-0.39, 0.29) is 11.7 Å². The largest absolute Gasteiger partial charge is 0.359 e. The highest BCUT2D eigenvalue weighted by atomic mass is 32.2. The van der Waals surface area contributed by atoms with Crippen molar-refractivity contribution < 1.29 is 13.2 Å². The topological polar surface area (TPSA) is 79.0 Å². The third kappa shape index (κ3) is 14.6. The van der Waals surface area contributed by atoms with Crippen molar-refractivity contribution in [3.8, 4) is 0 Å². The molecule has 1 aromatic rings. The number of hydrogen-bond acceptors (Lipinski definition) is 3. The highest BCUT2D eigenvalue weighted by Gasteiger charge is 2.08. The summed E-state index contributed by atoms with van der Waals surface area (Å²) in [4.78, 5) is 15.3. The van der Waals surface area contributed by atoms with E-state index in [1.807, 2.05) is 33.8 Å². The lowest BCUT2D eigenvalue weighted by Gasteiger charge is -2.02. The van der Waals surface area contributed by atoms with Crippen LogP contribution in [0.2, 0.25) is 0 Å². The fourth-order valence-corrected chi connectivity index (χ4v) is 2.28. The van der Waals surface area contributed by atoms with Crippen LogP contribution < -0.4 is 5.32 Å². The Hall–Kier alpha value is -2.60. The molecule has 156 valence electrons. The van der Waals surface area contributed by atoms with Crippen LogP contribution in [0.5, 0.6) is 0 Å². The van der Waals surface area contributed by atoms with E-state index in [2.05, 4.69) is 23.5 Å². The minimum Gasteiger partial charge on any atom is -0.359 e. The Kier molecular flexibility index (Phi) is 15.2. The van der Waals surface area contributed by atoms with Gasteiger partial charge in [-0.1, -0.05) is 30.4 Å². The first-order valence-electron chi connectivity index (χ1n) is 8.84. The lowest BCUT2D eigenvalue weighted by molar-refractivity contribution is -0.116. The fraction of sp³-hybridized carbons (Fsp3) is 0.318. The number of carbonyl (C=O) groups excluding carboxylic acids is 1. The molecule has 0 atom stereocenters. The monoisotopic (exact) mass is 406 g/mol. The van der Waals surface area contributed by atoms with E-state index in [1.54, 1.807) is 31.2 Å². The number of nitrogens with one attached hydrogen (secondary N) is 2. The molecule has 5 nitrogen and oxygen atoms in total. The number of allylic oxidation sites excluding steroid dienone is 3. The Morgan fingerprint density at radius 3 is 2.11 bits per heavy atom. The van der Waals surface area contributed by atoms with Gasteiger partial charge in [-0.05, 0) is 58.5 Å². The van der Waals surface area contributed by atoms with E-state index in [9.17, 15) is 13.2 Å². The maximum atomic E-state index is 12.1. The zero-order valence-electron chi connectivity index (χ0n) is 17.9. The van der Waals surface area contributed by atoms with Crippen LogP contribution >= 0.6 is 0 Å². The number of aromatic nitrogens is 1. The number of sulfone groups is 1. The Balaban J connectivity index is 0. The van der Waals surface area contributed by atoms with Crippen molar-refractivity contribution in [2.45, 2.75) is 34.6 Å². The van der Waals surface area contributed by atoms with Gasteiger partial charge in [0.05, 0.1) is 5.75 Å². The molecule has 6 heteroatoms. The van der Waals surface area contributed by atoms with Gasteiger partial charge in [0, 0.05) is 23.2 Å². The molecule has 28 heavy (non-hydrogen) atoms. The van der Waals surface area contributed by atoms with Crippen molar-refractivity contribution >= 4 is 21.8 Å². The third-order valence-electron chi connectivity index (χ3n) is 2.83. The second-order valence-electron chi connectivity index (χ2n) is 5.93. The average Bonchev–Trinajstić information content (AvgIpc) is 2.89. The van der Waals surface area contributed by atoms with Gasteiger partial charge in [0.15, 0.2) is 9.84 Å². The van der Waals surface area contributed by atoms with Crippen molar-refractivity contribution in [1.82, 2.24) is 10.3 Å². The van der Waals surface area contributed by atoms with Crippen molar-refractivity contribution in [1.29, 1.82) is 0 Å². The number of hydrogen-bond donors (Lipinski definition) is 2. The zero-order valence-corrected chi connectivity index (χ0v) is 18.7. The fourth-order valence-electron chi connectivity index (χ4n) is 1.84. The van der Waals surface area contributed by atoms with E-state index in [0.717, 1.165) is 23.2 Å². The van der Waals surface area contributed by atoms with Crippen LogP contribution in [0.1, 0.15) is 37.7 Å². The molecule has 0 aromatic carbocycles. The normalized spacial score (nSPS) is 11.3. The van der Waals surface area contributed by atoms with E-state index in [0.29, 0.717) is 5.57 Å². The first-order chi connectivity index (χ1) is 13.1. The molecule has 0 aliphatic rings. The van der Waals surface area contributed by atoms with E-state index in [4.69, 9.17) is 0 Å². The summed E-state index contributed by atoms with van der Waals surface area (Å²) in [6.45, 7) is 16.2. The molecule has 0 radical (unpaired) electrons. The highest BCUT2D eigenvalue weighted by molar-refractivity contribution is 7.90. The Morgan fingerprint density at radius 1 is 1.18 bits per heavy atom. The predicted molar refractivity (Wildman–Crippen MR) is 122 cm³/mol. The second-order valence-corrected chi connectivity index (χ2v) is 8.12. The smallest absolute Gasteiger partial charge is 0.255 e. The van der Waals surface area contributed by atoms with Crippen molar-refractivity contribution in [2.24, 2.45) is 0 Å². The van der Waals surface area contributed by atoms with Crippen LogP contribution in [0, 0.1) is 13.8 Å². The second kappa shape index (κ2) is 15.5. The maximum Gasteiger partial charge on any atom is 0.255 e. The van der Waals surface area contributed by atoms with Gasteiger partial charge in [-0.2, -0.15) is 0 Å². The summed E-state index contributed by atoms with van der Waals surface area (Å²) < 4.78 is 22.4. The standard InChI is InChI=1S/C16H22N2O3S.2C3H6/c1-5-8-17-16(19)14(7-6-9-22(4,20)21)11-15-12(2)10-13(3)18-15;2*1-3-2/h5-8,10-11,18H,9H2,1-4H3,(H,17,19);2*3H,1H2,2H3/b7-6+,8-5+,14-11-;;. The molecule has 0 bridgehead atoms. The molecular formula is C22H34N2O3S. The number of aryl methyl sites for hydroxylation is 2. The predicted octanol–water partition coefficient (Wildman–Crippen LogP) is 4.65. The molecular weight excluding hydrogens is 372 g/mol. The summed E-state index contributed by atoms with van der Waals surface area (Å²) >= 11 is 0. The van der Waals surface area contributed by atoms with Crippen LogP contribution in [-0.4, -0.2) is 31.3 Å². The molecule has 1 aromatic heterocycles. The Labute approximate surface area is 170 Å². The van der Waals surface area contributed by atoms with Crippen molar-refractivity contribution in [2.75, 3.05) is 12.0 Å². The quantitative estimate of drug-likeness (QED) is 0.410. The van der Waals surface area contributed by atoms with Gasteiger partial charge in [-0.15, -0.1) is 13.2 Å². The summed E-state index contributed by atoms with van der Waals surface area (Å²) in [7, 11) is -3.11. The summed E-state index contributed by atoms with van der Waals surface area (Å²) in [5, 5.41) is 2.62. The van der Waals surface area contributed by atoms with Gasteiger partial charge in [0.2, 0.25) is 0 Å². The van der Waals surface area contributed by atoms with Gasteiger partial charge in [-0.3, -0.25) is 4.79 Å². The van der Waals surface area contributed by atoms with Crippen molar-refractivity contribution in [3.05, 3.63) is 78.3 Å². The number of rotatable bonds is 6. The molecule has 2 N–H and O–H groups in total. The molecule has 0 aliphatic heterocycles. The van der Waals surface area contributed by atoms with Gasteiger partial charge in [-0.25, -0.2) is 8.42 Å². The Bertz CT molecular complexity index is 805. The summed E-state index contributed by atoms with van der Waals surface area (Å²) in [5.41, 5.74) is 3.22. The number of aromatic amines is 1. The van der Waals surface area contributed by atoms with Gasteiger partial charge in [0.25, 0.3) is 5.91 Å². The number of H-pyrrole nitrogens is 1. The zero-order chi connectivity index (χ0) is 22.2. The lowest BCUT2D eigenvalue weighted by Crippen LogP contribution is -2.18. The molecule has 1 rings (SSSR count). The molecule has 0 aliphatic carbocycles. The molecule has 1 amide bonds. The maximum absolute atomic E-state index is 12.1. The van der Waals surface area contributed by atoms with E-state index >= 15 is 0 Å². The molecule has 0 saturated carbocycles. The third-order valence-corrected chi connectivity index (χ3v) is 3.63. The SMILES string of the molecule is C/C=C/NC(=O)C(=C\c1[nH]c(C)cc1C)/C=C/CS(C)(=O)=O.C=CC.C=CC. The van der Waals surface area contributed by atoms with Gasteiger partial charge >= 0.3 is 0 Å². The van der Waals surface area contributed by atoms with Gasteiger partial charge < -0.3 is 10.3 Å². The first-order valence-corrected chi connectivity index (χ1v) is 10.9. The van der Waals surface area contributed by atoms with Crippen molar-refractivity contribution in [3.63, 3.8) is 0 Å². The first kappa shape index (κ1) is 27.6. The number of amides is 1. The minimum absolute atomic E-state index is 0.107. The van der Waals surface area contributed by atoms with Crippen LogP contribution in [0.3, 0.4) is 0 Å². The molecule has 0 fully saturated rings. The minimum atomic E-state index is -3.11. The number of carbonyl (C=O) groups is 1. The lowest BCUT2D eigenvalue weighted by atomic mass is 10.1. The van der Waals surface area contributed by atoms with Gasteiger partial charge in [0.1, 0.15) is 0 Å². The van der Waals surface area contributed by atoms with E-state index in [1.165, 1.54) is 18.4 Å². The summed E-state index contributed by atoms with van der Waals surface area (Å²) in [5.74, 6) is -0.404. The molecule has 1 heterocycles. The van der Waals surface area contributed by atoms with Crippen LogP contribution in [0.4, 0.5) is 0 Å². The van der Waals surface area contributed by atoms with Crippen LogP contribution in [0.25, 0.3) is 6.08 Å². The Morgan fingerprint density at radius 2 is 1.71 bits per heavy atom. The molecule has 0 saturated heterocycles. The van der Waals surface area contributed by atoms with E-state index < -0.39 is 9.84 Å². The average molecular weight is 407 g/mol. The van der Waals surface area contributed by atoms with Crippen LogP contribution in [-0.2, 0) is 14.6 Å².